The summed E-state index contributed by atoms with van der Waals surface area (Å²) in [7, 11) is 0. The minimum atomic E-state index is -0.940. The third kappa shape index (κ3) is 4.52. The second-order valence-electron chi connectivity index (χ2n) is 4.93. The van der Waals surface area contributed by atoms with Crippen LogP contribution in [0.5, 0.6) is 0 Å². The van der Waals surface area contributed by atoms with E-state index in [0.29, 0.717) is 11.5 Å². The molecule has 1 fully saturated rings. The second-order valence-corrected chi connectivity index (χ2v) is 4.93. The van der Waals surface area contributed by atoms with Crippen LogP contribution in [0.3, 0.4) is 0 Å². The monoisotopic (exact) mass is 264 g/mol. The van der Waals surface area contributed by atoms with Crippen LogP contribution in [0, 0.1) is 12.8 Å². The van der Waals surface area contributed by atoms with Gasteiger partial charge in [0.25, 0.3) is 0 Å². The van der Waals surface area contributed by atoms with Crippen LogP contribution < -0.4 is 5.32 Å². The molecule has 0 aliphatic heterocycles. The molecule has 0 bridgehead atoms. The first-order valence-corrected chi connectivity index (χ1v) is 6.69. The van der Waals surface area contributed by atoms with E-state index in [4.69, 9.17) is 9.84 Å². The fourth-order valence-corrected chi connectivity index (χ4v) is 1.81. The van der Waals surface area contributed by atoms with Crippen molar-refractivity contribution in [2.75, 3.05) is 25.1 Å². The Morgan fingerprint density at radius 3 is 2.95 bits per heavy atom. The maximum Gasteiger partial charge on any atom is 0.337 e. The number of anilines is 1. The van der Waals surface area contributed by atoms with Crippen molar-refractivity contribution < 1.29 is 14.6 Å². The molecule has 1 aliphatic carbocycles. The fraction of sp³-hybridized carbons (Fsp3) is 0.571. The van der Waals surface area contributed by atoms with E-state index >= 15 is 0 Å². The van der Waals surface area contributed by atoms with E-state index in [-0.39, 0.29) is 5.56 Å². The Morgan fingerprint density at radius 2 is 2.32 bits per heavy atom. The van der Waals surface area contributed by atoms with Crippen LogP contribution in [0.25, 0.3) is 0 Å². The van der Waals surface area contributed by atoms with Crippen molar-refractivity contribution in [1.82, 2.24) is 4.98 Å². The van der Waals surface area contributed by atoms with Gasteiger partial charge in [-0.1, -0.05) is 0 Å². The molecule has 0 aromatic carbocycles. The van der Waals surface area contributed by atoms with E-state index in [0.717, 1.165) is 32.1 Å². The maximum absolute atomic E-state index is 10.8. The van der Waals surface area contributed by atoms with E-state index < -0.39 is 5.97 Å². The van der Waals surface area contributed by atoms with Gasteiger partial charge in [0.15, 0.2) is 0 Å². The van der Waals surface area contributed by atoms with Gasteiger partial charge in [-0.15, -0.1) is 0 Å². The summed E-state index contributed by atoms with van der Waals surface area (Å²) < 4.78 is 5.53. The molecule has 104 valence electrons. The van der Waals surface area contributed by atoms with Gasteiger partial charge >= 0.3 is 5.97 Å². The van der Waals surface area contributed by atoms with Crippen LogP contribution in [0.1, 0.15) is 35.3 Å². The smallest absolute Gasteiger partial charge is 0.337 e. The Balaban J connectivity index is 1.67. The van der Waals surface area contributed by atoms with Crippen LogP contribution in [0.15, 0.2) is 12.1 Å². The van der Waals surface area contributed by atoms with Crippen LogP contribution in [0.4, 0.5) is 5.82 Å². The number of aromatic nitrogens is 1. The van der Waals surface area contributed by atoms with Gasteiger partial charge in [-0.2, -0.15) is 0 Å². The number of pyridine rings is 1. The Hall–Kier alpha value is -1.62. The van der Waals surface area contributed by atoms with E-state index in [9.17, 15) is 4.79 Å². The molecule has 1 aromatic rings. The van der Waals surface area contributed by atoms with Crippen molar-refractivity contribution in [3.05, 3.63) is 23.4 Å². The van der Waals surface area contributed by atoms with Crippen molar-refractivity contribution in [2.24, 2.45) is 5.92 Å². The fourth-order valence-electron chi connectivity index (χ4n) is 1.81. The SMILES string of the molecule is Cc1nc(NCCCOCC2CC2)ccc1C(=O)O. The number of aryl methyl sites for hydroxylation is 1. The minimum absolute atomic E-state index is 0.248. The van der Waals surface area contributed by atoms with Crippen molar-refractivity contribution in [1.29, 1.82) is 0 Å². The first-order valence-electron chi connectivity index (χ1n) is 6.69. The molecule has 0 atom stereocenters. The Labute approximate surface area is 113 Å². The number of hydrogen-bond acceptors (Lipinski definition) is 4. The first-order chi connectivity index (χ1) is 9.16. The maximum atomic E-state index is 10.8. The molecule has 1 aliphatic rings. The van der Waals surface area contributed by atoms with Gasteiger partial charge in [0.05, 0.1) is 11.3 Å². The lowest BCUT2D eigenvalue weighted by Crippen LogP contribution is -2.09. The summed E-state index contributed by atoms with van der Waals surface area (Å²) >= 11 is 0. The van der Waals surface area contributed by atoms with Crippen LogP contribution >= 0.6 is 0 Å². The Kier molecular flexibility index (Phi) is 4.74. The molecule has 0 radical (unpaired) electrons. The summed E-state index contributed by atoms with van der Waals surface area (Å²) in [6.45, 7) is 4.14. The summed E-state index contributed by atoms with van der Waals surface area (Å²) in [5, 5.41) is 12.1. The van der Waals surface area contributed by atoms with E-state index in [1.54, 1.807) is 19.1 Å². The molecule has 0 saturated heterocycles. The van der Waals surface area contributed by atoms with E-state index in [1.165, 1.54) is 12.8 Å². The molecule has 2 rings (SSSR count). The van der Waals surface area contributed by atoms with Gasteiger partial charge < -0.3 is 15.2 Å². The topological polar surface area (TPSA) is 71.5 Å². The molecule has 1 saturated carbocycles. The quantitative estimate of drug-likeness (QED) is 0.705. The zero-order valence-corrected chi connectivity index (χ0v) is 11.2. The number of carboxylic acid groups (broad SMARTS) is 1. The van der Waals surface area contributed by atoms with Crippen LogP contribution in [-0.2, 0) is 4.74 Å². The summed E-state index contributed by atoms with van der Waals surface area (Å²) in [5.74, 6) is 0.579. The summed E-state index contributed by atoms with van der Waals surface area (Å²) in [6.07, 6.45) is 3.56. The third-order valence-electron chi connectivity index (χ3n) is 3.14. The van der Waals surface area contributed by atoms with Crippen molar-refractivity contribution in [3.8, 4) is 0 Å². The largest absolute Gasteiger partial charge is 0.478 e. The highest BCUT2D eigenvalue weighted by Crippen LogP contribution is 2.28. The number of aromatic carboxylic acids is 1. The first kappa shape index (κ1) is 13.8. The average Bonchev–Trinajstić information content (AvgIpc) is 3.17. The highest BCUT2D eigenvalue weighted by Gasteiger charge is 2.20. The average molecular weight is 264 g/mol. The van der Waals surface area contributed by atoms with Gasteiger partial charge in [-0.05, 0) is 44.2 Å². The van der Waals surface area contributed by atoms with Crippen LogP contribution in [0.2, 0.25) is 0 Å². The lowest BCUT2D eigenvalue weighted by molar-refractivity contribution is 0.0695. The predicted octanol–water partition coefficient (Wildman–Crippen LogP) is 2.32. The second kappa shape index (κ2) is 6.52. The van der Waals surface area contributed by atoms with E-state index in [1.807, 2.05) is 0 Å². The highest BCUT2D eigenvalue weighted by atomic mass is 16.5. The molecule has 0 amide bonds. The standard InChI is InChI=1S/C14H20N2O3/c1-10-12(14(17)18)5-6-13(16-10)15-7-2-8-19-9-11-3-4-11/h5-6,11H,2-4,7-9H2,1H3,(H,15,16)(H,17,18). The van der Waals surface area contributed by atoms with Gasteiger partial charge in [0, 0.05) is 19.8 Å². The number of carbonyl (C=O) groups is 1. The lowest BCUT2D eigenvalue weighted by atomic mass is 10.2. The normalized spacial score (nSPS) is 14.4. The number of nitrogens with one attached hydrogen (secondary N) is 1. The van der Waals surface area contributed by atoms with Crippen molar-refractivity contribution in [3.63, 3.8) is 0 Å². The lowest BCUT2D eigenvalue weighted by Gasteiger charge is -2.08. The van der Waals surface area contributed by atoms with Crippen molar-refractivity contribution in [2.45, 2.75) is 26.2 Å². The molecule has 0 spiro atoms. The zero-order chi connectivity index (χ0) is 13.7. The molecule has 1 aromatic heterocycles. The van der Waals surface area contributed by atoms with Gasteiger partial charge in [-0.3, -0.25) is 0 Å². The van der Waals surface area contributed by atoms with Gasteiger partial charge in [-0.25, -0.2) is 9.78 Å². The number of carboxylic acids is 1. The summed E-state index contributed by atoms with van der Waals surface area (Å²) in [5.41, 5.74) is 0.779. The summed E-state index contributed by atoms with van der Waals surface area (Å²) in [4.78, 5) is 15.1. The number of nitrogens with zero attached hydrogens (tertiary/aromatic N) is 1. The molecule has 1 heterocycles. The highest BCUT2D eigenvalue weighted by molar-refractivity contribution is 5.89. The zero-order valence-electron chi connectivity index (χ0n) is 11.2. The van der Waals surface area contributed by atoms with Gasteiger partial charge in [0.1, 0.15) is 5.82 Å². The van der Waals surface area contributed by atoms with Gasteiger partial charge in [0.2, 0.25) is 0 Å². The molecule has 19 heavy (non-hydrogen) atoms. The Morgan fingerprint density at radius 1 is 1.53 bits per heavy atom. The third-order valence-corrected chi connectivity index (χ3v) is 3.14. The molecule has 5 nitrogen and oxygen atoms in total. The van der Waals surface area contributed by atoms with Crippen molar-refractivity contribution >= 4 is 11.8 Å². The number of ether oxygens (including phenoxy) is 1. The molecule has 2 N–H and O–H groups in total. The molecular formula is C14H20N2O3. The summed E-state index contributed by atoms with van der Waals surface area (Å²) in [6, 6.07) is 3.28. The molecule has 5 heteroatoms. The Bertz CT molecular complexity index is 444. The minimum Gasteiger partial charge on any atom is -0.478 e. The number of rotatable bonds is 8. The predicted molar refractivity (Wildman–Crippen MR) is 72.6 cm³/mol. The van der Waals surface area contributed by atoms with E-state index in [2.05, 4.69) is 10.3 Å². The van der Waals surface area contributed by atoms with Crippen LogP contribution in [-0.4, -0.2) is 35.8 Å². The molecule has 0 unspecified atom stereocenters. The molecular weight excluding hydrogens is 244 g/mol. The number of hydrogen-bond donors (Lipinski definition) is 2.